The summed E-state index contributed by atoms with van der Waals surface area (Å²) in [6, 6.07) is 14.0. The molecule has 52 heavy (non-hydrogen) atoms. The Hall–Kier alpha value is -3.64. The van der Waals surface area contributed by atoms with Crippen LogP contribution in [0.15, 0.2) is 48.5 Å². The molecule has 0 aliphatic carbocycles. The third-order valence-electron chi connectivity index (χ3n) is 7.86. The SMILES string of the molecule is CCCCOC(=O)c1ccc(Nc2nc(NCCCC(C)[Si](C)(O[Si](C)(C)C)O[Si](C)(C)C)nc(Nc3ccc(C(=O)OCCCC)cc3)n2)cc1. The van der Waals surface area contributed by atoms with E-state index < -0.39 is 25.2 Å². The Morgan fingerprint density at radius 1 is 0.635 bits per heavy atom. The molecule has 0 aliphatic rings. The number of rotatable bonds is 22. The van der Waals surface area contributed by atoms with Crippen LogP contribution in [0, 0.1) is 0 Å². The van der Waals surface area contributed by atoms with Crippen LogP contribution in [0.2, 0.25) is 51.4 Å². The Kier molecular flexibility index (Phi) is 16.4. The lowest BCUT2D eigenvalue weighted by molar-refractivity contribution is 0.0490. The number of carbonyl (C=O) groups is 2. The van der Waals surface area contributed by atoms with Crippen molar-refractivity contribution >= 4 is 66.4 Å². The van der Waals surface area contributed by atoms with Crippen molar-refractivity contribution in [3.63, 3.8) is 0 Å². The molecule has 1 atom stereocenters. The first kappa shape index (κ1) is 42.8. The minimum absolute atomic E-state index is 0.305. The van der Waals surface area contributed by atoms with Crippen LogP contribution in [0.1, 0.15) is 80.0 Å². The Morgan fingerprint density at radius 2 is 1.04 bits per heavy atom. The molecule has 0 aliphatic heterocycles. The van der Waals surface area contributed by atoms with Crippen molar-refractivity contribution in [1.29, 1.82) is 0 Å². The molecule has 0 radical (unpaired) electrons. The fraction of sp³-hybridized carbons (Fsp3) is 0.541. The summed E-state index contributed by atoms with van der Waals surface area (Å²) in [5.41, 5.74) is 2.64. The Bertz CT molecular complexity index is 1460. The number of nitrogens with zero attached hydrogens (tertiary/aromatic N) is 3. The summed E-state index contributed by atoms with van der Waals surface area (Å²) in [5.74, 6) is 0.325. The predicted octanol–water partition coefficient (Wildman–Crippen LogP) is 9.63. The van der Waals surface area contributed by atoms with Crippen LogP contribution in [0.3, 0.4) is 0 Å². The molecule has 15 heteroatoms. The van der Waals surface area contributed by atoms with Gasteiger partial charge >= 0.3 is 20.5 Å². The molecule has 0 spiro atoms. The zero-order chi connectivity index (χ0) is 38.4. The average Bonchev–Trinajstić information content (AvgIpc) is 3.05. The van der Waals surface area contributed by atoms with Gasteiger partial charge in [0.05, 0.1) is 24.3 Å². The summed E-state index contributed by atoms with van der Waals surface area (Å²) in [6.45, 7) is 23.4. The average molecular weight is 769 g/mol. The standard InChI is InChI=1S/C37H60N6O6Si3/c1-11-13-26-46-33(44)29-17-21-31(22-18-29)39-36-41-35(38-25-15-16-28(3)52(10,48-50(4,5)6)49-51(7,8)9)42-37(43-36)40-32-23-19-30(20-24-32)34(45)47-27-14-12-2/h17-24,28H,11-16,25-27H2,1-10H3,(H3,38,39,40,41,42,43). The second-order valence-electron chi connectivity index (χ2n) is 15.1. The maximum Gasteiger partial charge on any atom is 0.338 e. The van der Waals surface area contributed by atoms with Crippen molar-refractivity contribution in [2.24, 2.45) is 0 Å². The van der Waals surface area contributed by atoms with Crippen LogP contribution in [0.25, 0.3) is 0 Å². The molecule has 12 nitrogen and oxygen atoms in total. The van der Waals surface area contributed by atoms with Gasteiger partial charge in [0, 0.05) is 17.9 Å². The number of anilines is 5. The van der Waals surface area contributed by atoms with Gasteiger partial charge in [0.25, 0.3) is 0 Å². The van der Waals surface area contributed by atoms with E-state index >= 15 is 0 Å². The molecule has 1 aromatic heterocycles. The smallest absolute Gasteiger partial charge is 0.338 e. The highest BCUT2D eigenvalue weighted by molar-refractivity contribution is 6.88. The Morgan fingerprint density at radius 3 is 1.42 bits per heavy atom. The van der Waals surface area contributed by atoms with Crippen LogP contribution >= 0.6 is 0 Å². The minimum atomic E-state index is -2.42. The van der Waals surface area contributed by atoms with Gasteiger partial charge in [-0.15, -0.1) is 0 Å². The maximum absolute atomic E-state index is 12.4. The lowest BCUT2D eigenvalue weighted by Crippen LogP contribution is -2.55. The molecule has 0 saturated carbocycles. The number of unbranched alkanes of at least 4 members (excludes halogenated alkanes) is 2. The maximum atomic E-state index is 12.4. The first-order valence-corrected chi connectivity index (χ1v) is 27.7. The van der Waals surface area contributed by atoms with Gasteiger partial charge in [0.2, 0.25) is 17.8 Å². The summed E-state index contributed by atoms with van der Waals surface area (Å²) in [5, 5.41) is 9.85. The van der Waals surface area contributed by atoms with Gasteiger partial charge in [-0.25, -0.2) is 9.59 Å². The monoisotopic (exact) mass is 768 g/mol. The quantitative estimate of drug-likeness (QED) is 0.0508. The molecule has 0 fully saturated rings. The van der Waals surface area contributed by atoms with Crippen LogP contribution < -0.4 is 16.0 Å². The van der Waals surface area contributed by atoms with Crippen LogP contribution in [-0.2, 0) is 17.7 Å². The molecule has 3 aromatic rings. The lowest BCUT2D eigenvalue weighted by Gasteiger charge is -2.42. The molecule has 1 heterocycles. The van der Waals surface area contributed by atoms with Crippen molar-refractivity contribution in [2.75, 3.05) is 35.7 Å². The zero-order valence-corrected chi connectivity index (χ0v) is 35.9. The molecular formula is C37H60N6O6Si3. The highest BCUT2D eigenvalue weighted by atomic mass is 28.5. The topological polar surface area (TPSA) is 146 Å². The second-order valence-corrected chi connectivity index (χ2v) is 28.2. The number of esters is 2. The minimum Gasteiger partial charge on any atom is -0.462 e. The molecule has 3 N–H and O–H groups in total. The third-order valence-corrected chi connectivity index (χ3v) is 18.1. The number of carbonyl (C=O) groups excluding carboxylic acids is 2. The summed E-state index contributed by atoms with van der Waals surface area (Å²) in [7, 11) is -6.04. The van der Waals surface area contributed by atoms with Gasteiger partial charge in [0.1, 0.15) is 0 Å². The number of nitrogens with one attached hydrogen (secondary N) is 3. The van der Waals surface area contributed by atoms with Gasteiger partial charge in [-0.1, -0.05) is 33.6 Å². The molecule has 286 valence electrons. The van der Waals surface area contributed by atoms with E-state index in [2.05, 4.69) is 97.5 Å². The fourth-order valence-corrected chi connectivity index (χ4v) is 17.9. The summed E-state index contributed by atoms with van der Waals surface area (Å²) >= 11 is 0. The molecule has 3 rings (SSSR count). The van der Waals surface area contributed by atoms with Gasteiger partial charge in [-0.05, 0) is 126 Å². The fourth-order valence-electron chi connectivity index (χ4n) is 5.30. The van der Waals surface area contributed by atoms with E-state index in [0.717, 1.165) is 38.5 Å². The predicted molar refractivity (Wildman–Crippen MR) is 217 cm³/mol. The number of aromatic nitrogens is 3. The van der Waals surface area contributed by atoms with Crippen molar-refractivity contribution in [3.8, 4) is 0 Å². The first-order chi connectivity index (χ1) is 24.5. The summed E-state index contributed by atoms with van der Waals surface area (Å²) < 4.78 is 24.2. The van der Waals surface area contributed by atoms with Crippen LogP contribution in [-0.4, -0.2) is 71.8 Å². The van der Waals surface area contributed by atoms with Crippen molar-refractivity contribution in [3.05, 3.63) is 59.7 Å². The molecule has 0 bridgehead atoms. The molecule has 0 amide bonds. The highest BCUT2D eigenvalue weighted by Crippen LogP contribution is 2.34. The van der Waals surface area contributed by atoms with E-state index in [-0.39, 0.29) is 11.9 Å². The molecule has 0 saturated heterocycles. The second kappa shape index (κ2) is 20.0. The van der Waals surface area contributed by atoms with Crippen LogP contribution in [0.5, 0.6) is 0 Å². The Labute approximate surface area is 313 Å². The van der Waals surface area contributed by atoms with Crippen LogP contribution in [0.4, 0.5) is 29.2 Å². The summed E-state index contributed by atoms with van der Waals surface area (Å²) in [4.78, 5) is 38.7. The van der Waals surface area contributed by atoms with E-state index in [1.165, 1.54) is 0 Å². The first-order valence-electron chi connectivity index (χ1n) is 18.5. The normalized spacial score (nSPS) is 12.6. The lowest BCUT2D eigenvalue weighted by atomic mass is 10.2. The zero-order valence-electron chi connectivity index (χ0n) is 32.9. The number of hydrogen-bond acceptors (Lipinski definition) is 12. The number of benzene rings is 2. The van der Waals surface area contributed by atoms with Gasteiger partial charge in [0.15, 0.2) is 16.6 Å². The number of ether oxygens (including phenoxy) is 2. The molecule has 1 unspecified atom stereocenters. The third kappa shape index (κ3) is 15.1. The van der Waals surface area contributed by atoms with Crippen molar-refractivity contribution < 1.29 is 27.3 Å². The molecular weight excluding hydrogens is 709 g/mol. The Balaban J connectivity index is 1.76. The van der Waals surface area contributed by atoms with E-state index in [0.29, 0.717) is 65.6 Å². The van der Waals surface area contributed by atoms with E-state index in [9.17, 15) is 9.59 Å². The van der Waals surface area contributed by atoms with E-state index in [1.807, 2.05) is 0 Å². The van der Waals surface area contributed by atoms with E-state index in [4.69, 9.17) is 17.7 Å². The van der Waals surface area contributed by atoms with Crippen molar-refractivity contribution in [2.45, 2.75) is 111 Å². The van der Waals surface area contributed by atoms with Gasteiger partial charge in [-0.2, -0.15) is 15.0 Å². The summed E-state index contributed by atoms with van der Waals surface area (Å²) in [6.07, 6.45) is 5.37. The molecule has 2 aromatic carbocycles. The van der Waals surface area contributed by atoms with E-state index in [1.54, 1.807) is 48.5 Å². The van der Waals surface area contributed by atoms with Gasteiger partial charge in [-0.3, -0.25) is 0 Å². The largest absolute Gasteiger partial charge is 0.462 e. The number of hydrogen-bond donors (Lipinski definition) is 3. The van der Waals surface area contributed by atoms with Gasteiger partial charge < -0.3 is 33.7 Å². The van der Waals surface area contributed by atoms with Crippen molar-refractivity contribution in [1.82, 2.24) is 15.0 Å². The highest BCUT2D eigenvalue weighted by Gasteiger charge is 2.44.